The number of hydrogen-bond acceptors (Lipinski definition) is 4. The summed E-state index contributed by atoms with van der Waals surface area (Å²) in [6.45, 7) is 0.760. The molecular formula is C33H33BrO4. The zero-order valence-electron chi connectivity index (χ0n) is 21.3. The number of aliphatic hydroxyl groups excluding tert-OH is 1. The first-order valence-electron chi connectivity index (χ1n) is 13.0. The van der Waals surface area contributed by atoms with Crippen molar-refractivity contribution in [2.75, 3.05) is 13.2 Å². The molecule has 0 aromatic heterocycles. The highest BCUT2D eigenvalue weighted by Gasteiger charge is 2.37. The Kier molecular flexibility index (Phi) is 10.3. The van der Waals surface area contributed by atoms with Gasteiger partial charge in [-0.3, -0.25) is 0 Å². The molecule has 0 bridgehead atoms. The molecular weight excluding hydrogens is 540 g/mol. The summed E-state index contributed by atoms with van der Waals surface area (Å²) in [5.41, 5.74) is 3.05. The number of hydrogen-bond donors (Lipinski definition) is 1. The fourth-order valence-electron chi connectivity index (χ4n) is 4.57. The van der Waals surface area contributed by atoms with Crippen LogP contribution in [0.3, 0.4) is 0 Å². The van der Waals surface area contributed by atoms with Gasteiger partial charge in [-0.05, 0) is 41.5 Å². The third kappa shape index (κ3) is 6.98. The Morgan fingerprint density at radius 2 is 1.16 bits per heavy atom. The van der Waals surface area contributed by atoms with Gasteiger partial charge in [-0.2, -0.15) is 0 Å². The zero-order chi connectivity index (χ0) is 26.6. The lowest BCUT2D eigenvalue weighted by Gasteiger charge is -2.36. The van der Waals surface area contributed by atoms with E-state index in [0.29, 0.717) is 12.2 Å². The predicted molar refractivity (Wildman–Crippen MR) is 154 cm³/mol. The Hall–Kier alpha value is -3.25. The van der Waals surface area contributed by atoms with Gasteiger partial charge in [0.2, 0.25) is 0 Å². The van der Waals surface area contributed by atoms with Crippen molar-refractivity contribution in [2.45, 2.75) is 35.8 Å². The minimum absolute atomic E-state index is 0.00319. The van der Waals surface area contributed by atoms with E-state index in [1.807, 2.05) is 60.7 Å². The van der Waals surface area contributed by atoms with Crippen LogP contribution in [0.2, 0.25) is 0 Å². The Morgan fingerprint density at radius 1 is 0.711 bits per heavy atom. The number of carbonyl (C=O) groups excluding carboxylic acids is 1. The Morgan fingerprint density at radius 3 is 1.63 bits per heavy atom. The van der Waals surface area contributed by atoms with Crippen LogP contribution in [0.1, 0.15) is 47.6 Å². The van der Waals surface area contributed by atoms with Crippen molar-refractivity contribution in [1.29, 1.82) is 0 Å². The molecule has 0 amide bonds. The molecule has 5 heteroatoms. The summed E-state index contributed by atoms with van der Waals surface area (Å²) in [4.78, 5) is 12.2. The van der Waals surface area contributed by atoms with Crippen LogP contribution < -0.4 is 0 Å². The maximum Gasteiger partial charge on any atom is 0.339 e. The molecule has 0 saturated heterocycles. The Balaban J connectivity index is 1.36. The highest BCUT2D eigenvalue weighted by molar-refractivity contribution is 9.09. The molecule has 0 spiro atoms. The molecule has 0 heterocycles. The summed E-state index contributed by atoms with van der Waals surface area (Å²) in [5, 5.41) is 10.2. The molecule has 4 aromatic rings. The first-order valence-corrected chi connectivity index (χ1v) is 13.9. The highest BCUT2D eigenvalue weighted by atomic mass is 79.9. The number of unbranched alkanes of at least 4 members (excludes halogenated alkanes) is 1. The largest absolute Gasteiger partial charge is 0.462 e. The van der Waals surface area contributed by atoms with Crippen LogP contribution in [0.15, 0.2) is 121 Å². The van der Waals surface area contributed by atoms with E-state index in [2.05, 4.69) is 52.3 Å². The molecule has 1 unspecified atom stereocenters. The van der Waals surface area contributed by atoms with E-state index in [0.717, 1.165) is 36.0 Å². The third-order valence-corrected chi connectivity index (χ3v) is 7.24. The summed E-state index contributed by atoms with van der Waals surface area (Å²) in [7, 11) is 0. The van der Waals surface area contributed by atoms with Gasteiger partial charge < -0.3 is 14.6 Å². The van der Waals surface area contributed by atoms with E-state index >= 15 is 0 Å². The molecule has 2 atom stereocenters. The van der Waals surface area contributed by atoms with Gasteiger partial charge >= 0.3 is 5.97 Å². The van der Waals surface area contributed by atoms with Crippen molar-refractivity contribution in [3.63, 3.8) is 0 Å². The highest BCUT2D eigenvalue weighted by Crippen LogP contribution is 2.40. The standard InChI is InChI=1S/C33H33BrO4/c34-30(25-37-32(36)31(35)26-15-5-1-6-16-26)23-13-14-24-38-33(27-17-7-2-8-18-27,28-19-9-3-10-20-28)29-21-11-4-12-22-29/h1-12,15-22,30-31,35H,13-14,23-25H2/t30?,31-/m0/s1. The van der Waals surface area contributed by atoms with E-state index in [1.54, 1.807) is 24.3 Å². The first kappa shape index (κ1) is 27.8. The van der Waals surface area contributed by atoms with Crippen LogP contribution >= 0.6 is 15.9 Å². The number of ether oxygens (including phenoxy) is 2. The molecule has 38 heavy (non-hydrogen) atoms. The van der Waals surface area contributed by atoms with Crippen LogP contribution in [0, 0.1) is 0 Å². The summed E-state index contributed by atoms with van der Waals surface area (Å²) < 4.78 is 12.2. The summed E-state index contributed by atoms with van der Waals surface area (Å²) in [5.74, 6) is -0.637. The van der Waals surface area contributed by atoms with Crippen LogP contribution in [-0.4, -0.2) is 29.1 Å². The molecule has 4 rings (SSSR count). The second kappa shape index (κ2) is 14.1. The smallest absolute Gasteiger partial charge is 0.339 e. The summed E-state index contributed by atoms with van der Waals surface area (Å²) in [6, 6.07) is 39.9. The number of benzene rings is 4. The zero-order valence-corrected chi connectivity index (χ0v) is 22.9. The normalized spacial score (nSPS) is 13.0. The maximum atomic E-state index is 12.2. The van der Waals surface area contributed by atoms with E-state index in [4.69, 9.17) is 9.47 Å². The molecule has 0 saturated carbocycles. The van der Waals surface area contributed by atoms with Gasteiger partial charge in [0.1, 0.15) is 12.2 Å². The van der Waals surface area contributed by atoms with E-state index in [-0.39, 0.29) is 11.4 Å². The number of halogens is 1. The van der Waals surface area contributed by atoms with Crippen molar-refractivity contribution in [1.82, 2.24) is 0 Å². The molecule has 4 nitrogen and oxygen atoms in total. The average molecular weight is 574 g/mol. The SMILES string of the molecule is O=C(OCC(Br)CCCCOC(c1ccccc1)(c1ccccc1)c1ccccc1)[C@@H](O)c1ccccc1. The monoisotopic (exact) mass is 572 g/mol. The molecule has 0 fully saturated rings. The van der Waals surface area contributed by atoms with E-state index < -0.39 is 17.7 Å². The molecule has 1 N–H and O–H groups in total. The van der Waals surface area contributed by atoms with Gasteiger partial charge in [0.05, 0.1) is 0 Å². The first-order chi connectivity index (χ1) is 18.6. The lowest BCUT2D eigenvalue weighted by Crippen LogP contribution is -2.33. The number of aliphatic hydroxyl groups is 1. The van der Waals surface area contributed by atoms with Gasteiger partial charge in [0.15, 0.2) is 6.10 Å². The van der Waals surface area contributed by atoms with Gasteiger partial charge in [-0.25, -0.2) is 4.79 Å². The summed E-state index contributed by atoms with van der Waals surface area (Å²) >= 11 is 3.61. The van der Waals surface area contributed by atoms with Crippen LogP contribution in [0.4, 0.5) is 0 Å². The fraction of sp³-hybridized carbons (Fsp3) is 0.242. The predicted octanol–water partition coefficient (Wildman–Crippen LogP) is 7.21. The van der Waals surface area contributed by atoms with Crippen molar-refractivity contribution in [3.8, 4) is 0 Å². The van der Waals surface area contributed by atoms with Gasteiger partial charge in [-0.15, -0.1) is 0 Å². The third-order valence-electron chi connectivity index (χ3n) is 6.52. The van der Waals surface area contributed by atoms with Gasteiger partial charge in [0.25, 0.3) is 0 Å². The molecule has 196 valence electrons. The molecule has 0 radical (unpaired) electrons. The van der Waals surface area contributed by atoms with Crippen molar-refractivity contribution < 1.29 is 19.4 Å². The van der Waals surface area contributed by atoms with Crippen LogP contribution in [0.25, 0.3) is 0 Å². The number of rotatable bonds is 13. The number of carbonyl (C=O) groups is 1. The number of esters is 1. The van der Waals surface area contributed by atoms with Crippen molar-refractivity contribution in [2.24, 2.45) is 0 Å². The lowest BCUT2D eigenvalue weighted by atomic mass is 9.80. The van der Waals surface area contributed by atoms with Gasteiger partial charge in [0, 0.05) is 11.4 Å². The van der Waals surface area contributed by atoms with Crippen LogP contribution in [-0.2, 0) is 19.9 Å². The molecule has 0 aliphatic carbocycles. The molecule has 0 aliphatic heterocycles. The molecule has 0 aliphatic rings. The minimum Gasteiger partial charge on any atom is -0.462 e. The Bertz CT molecular complexity index is 1140. The quantitative estimate of drug-likeness (QED) is 0.0795. The summed E-state index contributed by atoms with van der Waals surface area (Å²) in [6.07, 6.45) is 1.28. The number of alkyl halides is 1. The van der Waals surface area contributed by atoms with Crippen molar-refractivity contribution in [3.05, 3.63) is 144 Å². The lowest BCUT2D eigenvalue weighted by molar-refractivity contribution is -0.153. The maximum absolute atomic E-state index is 12.2. The minimum atomic E-state index is -1.27. The topological polar surface area (TPSA) is 55.8 Å². The average Bonchev–Trinajstić information content (AvgIpc) is 2.99. The van der Waals surface area contributed by atoms with E-state index in [9.17, 15) is 9.90 Å². The second-order valence-electron chi connectivity index (χ2n) is 9.16. The molecule has 4 aromatic carbocycles. The second-order valence-corrected chi connectivity index (χ2v) is 10.5. The fourth-order valence-corrected chi connectivity index (χ4v) is 5.02. The van der Waals surface area contributed by atoms with E-state index in [1.165, 1.54) is 0 Å². The Labute approximate surface area is 233 Å². The van der Waals surface area contributed by atoms with Crippen LogP contribution in [0.5, 0.6) is 0 Å². The van der Waals surface area contributed by atoms with Crippen molar-refractivity contribution >= 4 is 21.9 Å². The van der Waals surface area contributed by atoms with Gasteiger partial charge in [-0.1, -0.05) is 137 Å².